The lowest BCUT2D eigenvalue weighted by Crippen LogP contribution is -2.50. The normalized spacial score (nSPS) is 14.4. The van der Waals surface area contributed by atoms with Gasteiger partial charge in [-0.1, -0.05) is 13.8 Å². The van der Waals surface area contributed by atoms with Crippen molar-refractivity contribution in [2.75, 3.05) is 26.9 Å². The third kappa shape index (κ3) is 4.37. The van der Waals surface area contributed by atoms with E-state index in [0.29, 0.717) is 13.2 Å². The average Bonchev–Trinajstić information content (AvgIpc) is 2.21. The molecule has 0 aliphatic rings. The van der Waals surface area contributed by atoms with Crippen molar-refractivity contribution in [1.82, 2.24) is 5.32 Å². The average molecular weight is 205 g/mol. The molecule has 1 atom stereocenters. The number of nitrogens with one attached hydrogen (secondary N) is 1. The number of β-amino-alcohol motifs (C(OH)–C–C–N with tert-alkyl or cyclic N) is 1. The van der Waals surface area contributed by atoms with Gasteiger partial charge < -0.3 is 20.3 Å². The number of hydrogen-bond acceptors (Lipinski definition) is 4. The zero-order valence-electron chi connectivity index (χ0n) is 9.42. The predicted octanol–water partition coefficient (Wildman–Crippen LogP) is 0.134. The molecule has 0 fully saturated rings. The Labute approximate surface area is 86.3 Å². The topological polar surface area (TPSA) is 61.7 Å². The van der Waals surface area contributed by atoms with Crippen LogP contribution < -0.4 is 5.32 Å². The van der Waals surface area contributed by atoms with E-state index in [1.54, 1.807) is 7.11 Å². The van der Waals surface area contributed by atoms with Crippen LogP contribution in [0, 0.1) is 0 Å². The number of rotatable bonds is 8. The minimum atomic E-state index is -0.510. The van der Waals surface area contributed by atoms with Gasteiger partial charge in [0.1, 0.15) is 0 Å². The van der Waals surface area contributed by atoms with Crippen molar-refractivity contribution in [3.8, 4) is 0 Å². The van der Waals surface area contributed by atoms with E-state index in [1.165, 1.54) is 0 Å². The van der Waals surface area contributed by atoms with Crippen LogP contribution in [0.3, 0.4) is 0 Å². The summed E-state index contributed by atoms with van der Waals surface area (Å²) >= 11 is 0. The van der Waals surface area contributed by atoms with Gasteiger partial charge in [-0.2, -0.15) is 0 Å². The van der Waals surface area contributed by atoms with Crippen molar-refractivity contribution >= 4 is 0 Å². The van der Waals surface area contributed by atoms with E-state index in [9.17, 15) is 10.2 Å². The molecule has 0 saturated heterocycles. The van der Waals surface area contributed by atoms with E-state index in [4.69, 9.17) is 4.74 Å². The molecule has 86 valence electrons. The summed E-state index contributed by atoms with van der Waals surface area (Å²) in [5.74, 6) is 0. The van der Waals surface area contributed by atoms with Crippen LogP contribution in [0.4, 0.5) is 0 Å². The number of hydrogen-bond donors (Lipinski definition) is 3. The highest BCUT2D eigenvalue weighted by molar-refractivity contribution is 4.85. The lowest BCUT2D eigenvalue weighted by molar-refractivity contribution is 0.0511. The maximum Gasteiger partial charge on any atom is 0.0897 e. The third-order valence-corrected chi connectivity index (χ3v) is 2.73. The van der Waals surface area contributed by atoms with E-state index in [-0.39, 0.29) is 12.1 Å². The molecule has 0 amide bonds. The van der Waals surface area contributed by atoms with E-state index in [0.717, 1.165) is 12.8 Å². The van der Waals surface area contributed by atoms with Crippen molar-refractivity contribution in [2.45, 2.75) is 38.3 Å². The quantitative estimate of drug-likeness (QED) is 0.527. The first-order valence-corrected chi connectivity index (χ1v) is 5.17. The fourth-order valence-corrected chi connectivity index (χ4v) is 1.37. The summed E-state index contributed by atoms with van der Waals surface area (Å²) in [6.07, 6.45) is 1.18. The molecule has 3 N–H and O–H groups in total. The largest absolute Gasteiger partial charge is 0.394 e. The van der Waals surface area contributed by atoms with Crippen LogP contribution in [0.5, 0.6) is 0 Å². The summed E-state index contributed by atoms with van der Waals surface area (Å²) in [6, 6.07) is 0. The van der Waals surface area contributed by atoms with Crippen LogP contribution in [0.2, 0.25) is 0 Å². The molecule has 0 aliphatic carbocycles. The summed E-state index contributed by atoms with van der Waals surface area (Å²) in [6.45, 7) is 4.92. The van der Waals surface area contributed by atoms with Crippen LogP contribution >= 0.6 is 0 Å². The number of aliphatic hydroxyl groups is 2. The Morgan fingerprint density at radius 3 is 2.29 bits per heavy atom. The molecule has 4 nitrogen and oxygen atoms in total. The molecular weight excluding hydrogens is 182 g/mol. The zero-order valence-corrected chi connectivity index (χ0v) is 9.42. The summed E-state index contributed by atoms with van der Waals surface area (Å²) in [4.78, 5) is 0. The zero-order chi connectivity index (χ0) is 11.0. The van der Waals surface area contributed by atoms with Crippen LogP contribution in [0.15, 0.2) is 0 Å². The first-order chi connectivity index (χ1) is 6.64. The first-order valence-electron chi connectivity index (χ1n) is 5.17. The monoisotopic (exact) mass is 205 g/mol. The predicted molar refractivity (Wildman–Crippen MR) is 56.3 cm³/mol. The lowest BCUT2D eigenvalue weighted by atomic mass is 9.94. The molecule has 0 saturated carbocycles. The Bertz CT molecular complexity index is 129. The molecule has 0 spiro atoms. The summed E-state index contributed by atoms with van der Waals surface area (Å²) in [5.41, 5.74) is -0.255. The number of ether oxygens (including phenoxy) is 1. The fraction of sp³-hybridized carbons (Fsp3) is 1.00. The molecule has 0 aromatic heterocycles. The Morgan fingerprint density at radius 2 is 1.93 bits per heavy atom. The third-order valence-electron chi connectivity index (χ3n) is 2.73. The molecule has 14 heavy (non-hydrogen) atoms. The molecule has 4 heteroatoms. The van der Waals surface area contributed by atoms with Crippen molar-refractivity contribution in [3.63, 3.8) is 0 Å². The van der Waals surface area contributed by atoms with Crippen LogP contribution in [0.1, 0.15) is 26.7 Å². The molecule has 0 aromatic rings. The molecule has 0 bridgehead atoms. The second kappa shape index (κ2) is 7.17. The summed E-state index contributed by atoms with van der Waals surface area (Å²) in [7, 11) is 1.56. The van der Waals surface area contributed by atoms with Crippen molar-refractivity contribution in [1.29, 1.82) is 0 Å². The van der Waals surface area contributed by atoms with Gasteiger partial charge in [0.25, 0.3) is 0 Å². The highest BCUT2D eigenvalue weighted by atomic mass is 16.5. The van der Waals surface area contributed by atoms with Crippen molar-refractivity contribution in [2.24, 2.45) is 0 Å². The molecule has 0 rings (SSSR count). The summed E-state index contributed by atoms with van der Waals surface area (Å²) in [5, 5.41) is 21.9. The smallest absolute Gasteiger partial charge is 0.0897 e. The van der Waals surface area contributed by atoms with Crippen LogP contribution in [-0.4, -0.2) is 48.7 Å². The second-order valence-electron chi connectivity index (χ2n) is 3.64. The molecule has 0 heterocycles. The van der Waals surface area contributed by atoms with E-state index in [2.05, 4.69) is 5.32 Å². The minimum absolute atomic E-state index is 0.0969. The fourth-order valence-electron chi connectivity index (χ4n) is 1.37. The maximum atomic E-state index is 9.43. The first kappa shape index (κ1) is 13.8. The van der Waals surface area contributed by atoms with Gasteiger partial charge in [0.05, 0.1) is 19.3 Å². The standard InChI is InChI=1S/C10H23NO3/c1-4-10(5-2,8-12)11-6-9(13)7-14-3/h9,11-13H,4-8H2,1-3H3. The van der Waals surface area contributed by atoms with Gasteiger partial charge in [0.2, 0.25) is 0 Å². The lowest BCUT2D eigenvalue weighted by Gasteiger charge is -2.31. The van der Waals surface area contributed by atoms with Gasteiger partial charge in [0, 0.05) is 19.2 Å². The van der Waals surface area contributed by atoms with Gasteiger partial charge in [-0.05, 0) is 12.8 Å². The maximum absolute atomic E-state index is 9.43. The highest BCUT2D eigenvalue weighted by Crippen LogP contribution is 2.13. The highest BCUT2D eigenvalue weighted by Gasteiger charge is 2.24. The van der Waals surface area contributed by atoms with Crippen LogP contribution in [-0.2, 0) is 4.74 Å². The summed E-state index contributed by atoms with van der Waals surface area (Å²) < 4.78 is 4.82. The van der Waals surface area contributed by atoms with E-state index < -0.39 is 6.10 Å². The van der Waals surface area contributed by atoms with E-state index >= 15 is 0 Å². The number of aliphatic hydroxyl groups excluding tert-OH is 2. The Kier molecular flexibility index (Phi) is 7.09. The number of methoxy groups -OCH3 is 1. The molecule has 1 unspecified atom stereocenters. The van der Waals surface area contributed by atoms with Gasteiger partial charge in [0.15, 0.2) is 0 Å². The Balaban J connectivity index is 3.92. The second-order valence-corrected chi connectivity index (χ2v) is 3.64. The van der Waals surface area contributed by atoms with Crippen molar-refractivity contribution < 1.29 is 14.9 Å². The minimum Gasteiger partial charge on any atom is -0.394 e. The SMILES string of the molecule is CCC(CC)(CO)NCC(O)COC. The molecular formula is C10H23NO3. The van der Waals surface area contributed by atoms with Gasteiger partial charge >= 0.3 is 0 Å². The molecule has 0 radical (unpaired) electrons. The van der Waals surface area contributed by atoms with Crippen LogP contribution in [0.25, 0.3) is 0 Å². The van der Waals surface area contributed by atoms with Gasteiger partial charge in [-0.25, -0.2) is 0 Å². The Morgan fingerprint density at radius 1 is 1.36 bits per heavy atom. The molecule has 0 aliphatic heterocycles. The molecule has 0 aromatic carbocycles. The van der Waals surface area contributed by atoms with Gasteiger partial charge in [-0.3, -0.25) is 0 Å². The van der Waals surface area contributed by atoms with E-state index in [1.807, 2.05) is 13.8 Å². The van der Waals surface area contributed by atoms with Crippen molar-refractivity contribution in [3.05, 3.63) is 0 Å². The van der Waals surface area contributed by atoms with Gasteiger partial charge in [-0.15, -0.1) is 0 Å². The Hall–Kier alpha value is -0.160.